The fraction of sp³-hybridized carbons (Fsp3) is 1.00. The summed E-state index contributed by atoms with van der Waals surface area (Å²) in [7, 11) is 3.88. The van der Waals surface area contributed by atoms with Gasteiger partial charge < -0.3 is 19.5 Å². The summed E-state index contributed by atoms with van der Waals surface area (Å²) in [5, 5.41) is 3.54. The standard InChI is InChI=1S/C16H31NO3/c1-13(12-18-3)10-15(17-2)14-4-7-20-16(11-14)5-8-19-9-6-16/h13-15,17H,4-12H2,1-3H3. The molecule has 0 saturated carbocycles. The highest BCUT2D eigenvalue weighted by atomic mass is 16.5. The number of hydrogen-bond acceptors (Lipinski definition) is 4. The van der Waals surface area contributed by atoms with Crippen LogP contribution >= 0.6 is 0 Å². The normalized spacial score (nSPS) is 29.2. The second kappa shape index (κ2) is 7.74. The van der Waals surface area contributed by atoms with Gasteiger partial charge in [-0.3, -0.25) is 0 Å². The third-order valence-corrected chi connectivity index (χ3v) is 4.98. The van der Waals surface area contributed by atoms with Gasteiger partial charge in [0.2, 0.25) is 0 Å². The smallest absolute Gasteiger partial charge is 0.0729 e. The second-order valence-corrected chi connectivity index (χ2v) is 6.59. The molecule has 0 aromatic carbocycles. The molecule has 0 amide bonds. The molecule has 2 aliphatic rings. The molecule has 4 nitrogen and oxygen atoms in total. The third kappa shape index (κ3) is 4.17. The Balaban J connectivity index is 1.91. The Morgan fingerprint density at radius 2 is 2.05 bits per heavy atom. The molecule has 2 saturated heterocycles. The highest BCUT2D eigenvalue weighted by Gasteiger charge is 2.41. The van der Waals surface area contributed by atoms with E-state index in [0.29, 0.717) is 17.9 Å². The first-order valence-electron chi connectivity index (χ1n) is 8.07. The molecular formula is C16H31NO3. The highest BCUT2D eigenvalue weighted by molar-refractivity contribution is 4.92. The van der Waals surface area contributed by atoms with Gasteiger partial charge in [-0.15, -0.1) is 0 Å². The van der Waals surface area contributed by atoms with Gasteiger partial charge in [-0.05, 0) is 51.0 Å². The van der Waals surface area contributed by atoms with Crippen molar-refractivity contribution in [2.75, 3.05) is 40.6 Å². The molecule has 1 spiro atoms. The summed E-state index contributed by atoms with van der Waals surface area (Å²) >= 11 is 0. The Bertz CT molecular complexity index is 273. The summed E-state index contributed by atoms with van der Waals surface area (Å²) < 4.78 is 16.9. The van der Waals surface area contributed by atoms with Gasteiger partial charge in [0, 0.05) is 39.6 Å². The maximum absolute atomic E-state index is 6.15. The minimum atomic E-state index is 0.0980. The maximum atomic E-state index is 6.15. The molecule has 2 fully saturated rings. The number of hydrogen-bond donors (Lipinski definition) is 1. The van der Waals surface area contributed by atoms with Crippen molar-refractivity contribution in [1.82, 2.24) is 5.32 Å². The van der Waals surface area contributed by atoms with Gasteiger partial charge in [-0.25, -0.2) is 0 Å². The SMILES string of the molecule is CNC(CC(C)COC)C1CCOC2(CCOCC2)C1. The van der Waals surface area contributed by atoms with Crippen molar-refractivity contribution in [2.45, 2.75) is 50.7 Å². The molecular weight excluding hydrogens is 254 g/mol. The average molecular weight is 285 g/mol. The molecule has 20 heavy (non-hydrogen) atoms. The minimum Gasteiger partial charge on any atom is -0.384 e. The largest absolute Gasteiger partial charge is 0.384 e. The summed E-state index contributed by atoms with van der Waals surface area (Å²) in [6.45, 7) is 5.74. The van der Waals surface area contributed by atoms with Crippen molar-refractivity contribution >= 4 is 0 Å². The van der Waals surface area contributed by atoms with Crippen LogP contribution in [0.25, 0.3) is 0 Å². The van der Waals surface area contributed by atoms with Crippen LogP contribution in [0.1, 0.15) is 39.0 Å². The molecule has 4 heteroatoms. The summed E-state index contributed by atoms with van der Waals surface area (Å²) in [6.07, 6.45) is 5.66. The van der Waals surface area contributed by atoms with E-state index < -0.39 is 0 Å². The summed E-state index contributed by atoms with van der Waals surface area (Å²) in [5.41, 5.74) is 0.0980. The van der Waals surface area contributed by atoms with E-state index in [0.717, 1.165) is 39.3 Å². The maximum Gasteiger partial charge on any atom is 0.0729 e. The van der Waals surface area contributed by atoms with Crippen LogP contribution in [-0.2, 0) is 14.2 Å². The van der Waals surface area contributed by atoms with Gasteiger partial charge in [0.1, 0.15) is 0 Å². The molecule has 2 rings (SSSR count). The minimum absolute atomic E-state index is 0.0980. The molecule has 3 unspecified atom stereocenters. The first kappa shape index (κ1) is 16.2. The molecule has 0 radical (unpaired) electrons. The predicted molar refractivity (Wildman–Crippen MR) is 80.0 cm³/mol. The molecule has 0 aromatic heterocycles. The lowest BCUT2D eigenvalue weighted by atomic mass is 9.76. The Kier molecular flexibility index (Phi) is 6.27. The molecule has 1 N–H and O–H groups in total. The van der Waals surface area contributed by atoms with Crippen molar-refractivity contribution in [3.8, 4) is 0 Å². The number of rotatable bonds is 6. The zero-order valence-corrected chi connectivity index (χ0v) is 13.3. The van der Waals surface area contributed by atoms with Gasteiger partial charge in [0.25, 0.3) is 0 Å². The van der Waals surface area contributed by atoms with E-state index in [2.05, 4.69) is 19.3 Å². The van der Waals surface area contributed by atoms with Crippen LogP contribution in [-0.4, -0.2) is 52.2 Å². The van der Waals surface area contributed by atoms with E-state index in [4.69, 9.17) is 14.2 Å². The van der Waals surface area contributed by atoms with E-state index in [-0.39, 0.29) is 5.60 Å². The van der Waals surface area contributed by atoms with Crippen molar-refractivity contribution in [3.05, 3.63) is 0 Å². The zero-order chi connectivity index (χ0) is 14.4. The third-order valence-electron chi connectivity index (χ3n) is 4.98. The Morgan fingerprint density at radius 3 is 2.70 bits per heavy atom. The highest BCUT2D eigenvalue weighted by Crippen LogP contribution is 2.39. The van der Waals surface area contributed by atoms with Crippen LogP contribution in [0.3, 0.4) is 0 Å². The molecule has 0 aromatic rings. The molecule has 0 aliphatic carbocycles. The molecule has 2 aliphatic heterocycles. The van der Waals surface area contributed by atoms with Gasteiger partial charge in [0.05, 0.1) is 5.60 Å². The van der Waals surface area contributed by atoms with Crippen molar-refractivity contribution in [1.29, 1.82) is 0 Å². The second-order valence-electron chi connectivity index (χ2n) is 6.59. The van der Waals surface area contributed by atoms with Gasteiger partial charge in [-0.1, -0.05) is 6.92 Å². The lowest BCUT2D eigenvalue weighted by Gasteiger charge is -2.45. The van der Waals surface area contributed by atoms with E-state index >= 15 is 0 Å². The van der Waals surface area contributed by atoms with Crippen LogP contribution in [0, 0.1) is 11.8 Å². The van der Waals surface area contributed by atoms with Crippen LogP contribution in [0.5, 0.6) is 0 Å². The van der Waals surface area contributed by atoms with Gasteiger partial charge >= 0.3 is 0 Å². The van der Waals surface area contributed by atoms with Crippen LogP contribution in [0.15, 0.2) is 0 Å². The Hall–Kier alpha value is -0.160. The predicted octanol–water partition coefficient (Wildman–Crippen LogP) is 2.22. The zero-order valence-electron chi connectivity index (χ0n) is 13.3. The summed E-state index contributed by atoms with van der Waals surface area (Å²) in [4.78, 5) is 0. The lowest BCUT2D eigenvalue weighted by molar-refractivity contribution is -0.150. The molecule has 2 heterocycles. The van der Waals surface area contributed by atoms with Crippen LogP contribution in [0.2, 0.25) is 0 Å². The van der Waals surface area contributed by atoms with Crippen molar-refractivity contribution in [3.63, 3.8) is 0 Å². The first-order valence-corrected chi connectivity index (χ1v) is 8.07. The van der Waals surface area contributed by atoms with E-state index in [9.17, 15) is 0 Å². The molecule has 3 atom stereocenters. The molecule has 0 bridgehead atoms. The monoisotopic (exact) mass is 285 g/mol. The van der Waals surface area contributed by atoms with Crippen molar-refractivity contribution in [2.24, 2.45) is 11.8 Å². The molecule has 118 valence electrons. The Morgan fingerprint density at radius 1 is 1.30 bits per heavy atom. The fourth-order valence-electron chi connectivity index (χ4n) is 3.83. The average Bonchev–Trinajstić information content (AvgIpc) is 2.46. The quantitative estimate of drug-likeness (QED) is 0.812. The van der Waals surface area contributed by atoms with Crippen LogP contribution in [0.4, 0.5) is 0 Å². The number of methoxy groups -OCH3 is 1. The fourth-order valence-corrected chi connectivity index (χ4v) is 3.83. The van der Waals surface area contributed by atoms with E-state index in [1.54, 1.807) is 7.11 Å². The summed E-state index contributed by atoms with van der Waals surface area (Å²) in [6, 6.07) is 0.573. The number of nitrogens with one attached hydrogen (secondary N) is 1. The first-order chi connectivity index (χ1) is 9.69. The van der Waals surface area contributed by atoms with Crippen LogP contribution < -0.4 is 5.32 Å². The lowest BCUT2D eigenvalue weighted by Crippen LogP contribution is -2.49. The topological polar surface area (TPSA) is 39.7 Å². The summed E-state index contributed by atoms with van der Waals surface area (Å²) in [5.74, 6) is 1.32. The Labute approximate surface area is 123 Å². The van der Waals surface area contributed by atoms with E-state index in [1.807, 2.05) is 0 Å². The van der Waals surface area contributed by atoms with Gasteiger partial charge in [0.15, 0.2) is 0 Å². The van der Waals surface area contributed by atoms with Crippen molar-refractivity contribution < 1.29 is 14.2 Å². The van der Waals surface area contributed by atoms with E-state index in [1.165, 1.54) is 19.3 Å². The number of ether oxygens (including phenoxy) is 3. The van der Waals surface area contributed by atoms with Gasteiger partial charge in [-0.2, -0.15) is 0 Å².